The van der Waals surface area contributed by atoms with Crippen molar-refractivity contribution >= 4 is 29.0 Å². The van der Waals surface area contributed by atoms with Gasteiger partial charge in [0.2, 0.25) is 5.78 Å². The van der Waals surface area contributed by atoms with Crippen molar-refractivity contribution in [1.29, 1.82) is 0 Å². The lowest BCUT2D eigenvalue weighted by Crippen LogP contribution is -2.27. The number of ketones is 1. The van der Waals surface area contributed by atoms with Crippen LogP contribution in [0.25, 0.3) is 0 Å². The van der Waals surface area contributed by atoms with Gasteiger partial charge in [-0.1, -0.05) is 36.4 Å². The Morgan fingerprint density at radius 1 is 0.654 bits per heavy atom. The molecule has 2 aromatic rings. The minimum absolute atomic E-state index is 0.0458. The lowest BCUT2D eigenvalue weighted by atomic mass is 10.2. The molecule has 2 N–H and O–H groups in total. The highest BCUT2D eigenvalue weighted by molar-refractivity contribution is 6.65. The zero-order valence-corrected chi connectivity index (χ0v) is 14.4. The number of rotatable bonds is 6. The summed E-state index contributed by atoms with van der Waals surface area (Å²) in [6, 6.07) is 17.0. The largest absolute Gasteiger partial charge is 0.286 e. The van der Waals surface area contributed by atoms with E-state index in [2.05, 4.69) is 21.1 Å². The van der Waals surface area contributed by atoms with Gasteiger partial charge in [-0.05, 0) is 38.1 Å². The summed E-state index contributed by atoms with van der Waals surface area (Å²) >= 11 is 0. The Morgan fingerprint density at radius 3 is 1.35 bits per heavy atom. The molecule has 0 unspecified atom stereocenters. The monoisotopic (exact) mass is 350 g/mol. The van der Waals surface area contributed by atoms with E-state index in [1.165, 1.54) is 13.8 Å². The first-order valence-corrected chi connectivity index (χ1v) is 7.83. The standard InChI is InChI=1S/C19H18N4O3/c1-13(20-22-18(25)15-9-5-3-6-10-15)17(24)14(2)21-23-19(26)16-11-7-4-8-12-16/h3-12H,1-2H3,(H,22,25)(H,23,26)/b20-13+,21-14+. The number of Topliss-reactive ketones (excluding diaryl/α,β-unsaturated/α-hetero) is 1. The summed E-state index contributed by atoms with van der Waals surface area (Å²) in [5, 5.41) is 7.56. The Bertz CT molecular complexity index is 787. The van der Waals surface area contributed by atoms with Gasteiger partial charge in [-0.3, -0.25) is 14.4 Å². The molecule has 0 radical (unpaired) electrons. The molecule has 7 nitrogen and oxygen atoms in total. The van der Waals surface area contributed by atoms with Crippen molar-refractivity contribution < 1.29 is 14.4 Å². The number of hydrazone groups is 2. The maximum atomic E-state index is 12.2. The van der Waals surface area contributed by atoms with Gasteiger partial charge in [0.05, 0.1) is 0 Å². The minimum Gasteiger partial charge on any atom is -0.286 e. The topological polar surface area (TPSA) is 100.0 Å². The maximum Gasteiger partial charge on any atom is 0.271 e. The number of nitrogens with one attached hydrogen (secondary N) is 2. The van der Waals surface area contributed by atoms with Gasteiger partial charge in [0.15, 0.2) is 0 Å². The van der Waals surface area contributed by atoms with Gasteiger partial charge in [-0.15, -0.1) is 0 Å². The predicted octanol–water partition coefficient (Wildman–Crippen LogP) is 2.17. The van der Waals surface area contributed by atoms with Crippen molar-refractivity contribution in [2.45, 2.75) is 13.8 Å². The number of benzene rings is 2. The van der Waals surface area contributed by atoms with Crippen molar-refractivity contribution in [2.24, 2.45) is 10.2 Å². The van der Waals surface area contributed by atoms with Crippen molar-refractivity contribution in [2.75, 3.05) is 0 Å². The predicted molar refractivity (Wildman–Crippen MR) is 99.0 cm³/mol. The Labute approximate surface area is 150 Å². The van der Waals surface area contributed by atoms with Crippen LogP contribution >= 0.6 is 0 Å². The van der Waals surface area contributed by atoms with Gasteiger partial charge in [0.1, 0.15) is 11.4 Å². The van der Waals surface area contributed by atoms with E-state index >= 15 is 0 Å². The molecule has 0 atom stereocenters. The van der Waals surface area contributed by atoms with E-state index in [1.807, 2.05) is 0 Å². The van der Waals surface area contributed by atoms with Crippen LogP contribution in [0.5, 0.6) is 0 Å². The van der Waals surface area contributed by atoms with Gasteiger partial charge in [0, 0.05) is 11.1 Å². The van der Waals surface area contributed by atoms with Crippen LogP contribution in [0.2, 0.25) is 0 Å². The highest BCUT2D eigenvalue weighted by Gasteiger charge is 2.12. The molecule has 2 rings (SSSR count). The first-order chi connectivity index (χ1) is 12.5. The molecule has 0 fully saturated rings. The second kappa shape index (κ2) is 9.03. The Morgan fingerprint density at radius 2 is 1.00 bits per heavy atom. The van der Waals surface area contributed by atoms with Crippen LogP contribution in [0.3, 0.4) is 0 Å². The van der Waals surface area contributed by atoms with Crippen LogP contribution in [0.1, 0.15) is 34.6 Å². The van der Waals surface area contributed by atoms with Crippen molar-refractivity contribution in [1.82, 2.24) is 10.9 Å². The number of carbonyl (C=O) groups is 3. The Hall–Kier alpha value is -3.61. The van der Waals surface area contributed by atoms with Gasteiger partial charge < -0.3 is 0 Å². The zero-order valence-electron chi connectivity index (χ0n) is 14.4. The third kappa shape index (κ3) is 5.20. The molecule has 132 valence electrons. The summed E-state index contributed by atoms with van der Waals surface area (Å²) in [5.74, 6) is -1.35. The molecule has 0 aliphatic heterocycles. The molecule has 0 spiro atoms. The van der Waals surface area contributed by atoms with Crippen molar-refractivity contribution in [3.8, 4) is 0 Å². The van der Waals surface area contributed by atoms with E-state index in [-0.39, 0.29) is 11.4 Å². The Balaban J connectivity index is 1.95. The third-order valence-corrected chi connectivity index (χ3v) is 3.38. The Kier molecular flexibility index (Phi) is 6.50. The molecule has 0 aromatic heterocycles. The summed E-state index contributed by atoms with van der Waals surface area (Å²) in [5.41, 5.74) is 5.57. The highest BCUT2D eigenvalue weighted by Crippen LogP contribution is 1.99. The average Bonchev–Trinajstić information content (AvgIpc) is 2.70. The first kappa shape index (κ1) is 18.7. The van der Waals surface area contributed by atoms with Gasteiger partial charge >= 0.3 is 0 Å². The maximum absolute atomic E-state index is 12.2. The molecule has 2 amide bonds. The number of hydrogen-bond acceptors (Lipinski definition) is 5. The van der Waals surface area contributed by atoms with Crippen LogP contribution in [0, 0.1) is 0 Å². The summed E-state index contributed by atoms with van der Waals surface area (Å²) in [6.45, 7) is 2.90. The molecular weight excluding hydrogens is 332 g/mol. The lowest BCUT2D eigenvalue weighted by Gasteiger charge is -2.03. The molecule has 2 aromatic carbocycles. The average molecular weight is 350 g/mol. The van der Waals surface area contributed by atoms with Crippen LogP contribution in [-0.2, 0) is 4.79 Å². The van der Waals surface area contributed by atoms with Gasteiger partial charge in [-0.25, -0.2) is 10.9 Å². The minimum atomic E-state index is -0.494. The molecule has 0 bridgehead atoms. The normalized spacial score (nSPS) is 11.6. The summed E-state index contributed by atoms with van der Waals surface area (Å²) in [4.78, 5) is 36.0. The highest BCUT2D eigenvalue weighted by atomic mass is 16.2. The number of nitrogens with zero attached hydrogens (tertiary/aromatic N) is 2. The molecular formula is C19H18N4O3. The van der Waals surface area contributed by atoms with E-state index in [1.54, 1.807) is 60.7 Å². The van der Waals surface area contributed by atoms with E-state index in [0.717, 1.165) is 0 Å². The SMILES string of the molecule is C/C(=N\NC(=O)c1ccccc1)C(=O)/C(C)=N/NC(=O)c1ccccc1. The molecule has 7 heteroatoms. The van der Waals surface area contributed by atoms with E-state index in [4.69, 9.17) is 0 Å². The molecule has 0 aliphatic carbocycles. The zero-order chi connectivity index (χ0) is 18.9. The molecule has 0 saturated heterocycles. The lowest BCUT2D eigenvalue weighted by molar-refractivity contribution is -0.107. The van der Waals surface area contributed by atoms with Gasteiger partial charge in [0.25, 0.3) is 11.8 Å². The van der Waals surface area contributed by atoms with Crippen LogP contribution in [-0.4, -0.2) is 29.0 Å². The smallest absolute Gasteiger partial charge is 0.271 e. The fraction of sp³-hybridized carbons (Fsp3) is 0.105. The first-order valence-electron chi connectivity index (χ1n) is 7.83. The summed E-state index contributed by atoms with van der Waals surface area (Å²) in [7, 11) is 0. The van der Waals surface area contributed by atoms with Crippen LogP contribution in [0.15, 0.2) is 70.9 Å². The fourth-order valence-electron chi connectivity index (χ4n) is 1.94. The number of hydrogen-bond donors (Lipinski definition) is 2. The molecule has 0 saturated carbocycles. The molecule has 0 aliphatic rings. The summed E-state index contributed by atoms with van der Waals surface area (Å²) in [6.07, 6.45) is 0. The fourth-order valence-corrected chi connectivity index (χ4v) is 1.94. The molecule has 26 heavy (non-hydrogen) atoms. The van der Waals surface area contributed by atoms with Gasteiger partial charge in [-0.2, -0.15) is 10.2 Å². The van der Waals surface area contributed by atoms with E-state index in [0.29, 0.717) is 11.1 Å². The second-order valence-corrected chi connectivity index (χ2v) is 5.34. The third-order valence-electron chi connectivity index (χ3n) is 3.38. The number of amides is 2. The van der Waals surface area contributed by atoms with Crippen LogP contribution in [0.4, 0.5) is 0 Å². The number of carbonyl (C=O) groups excluding carboxylic acids is 3. The van der Waals surface area contributed by atoms with Crippen LogP contribution < -0.4 is 10.9 Å². The quantitative estimate of drug-likeness (QED) is 0.617. The van der Waals surface area contributed by atoms with Crippen molar-refractivity contribution in [3.63, 3.8) is 0 Å². The van der Waals surface area contributed by atoms with E-state index in [9.17, 15) is 14.4 Å². The summed E-state index contributed by atoms with van der Waals surface area (Å²) < 4.78 is 0. The van der Waals surface area contributed by atoms with E-state index < -0.39 is 17.6 Å². The second-order valence-electron chi connectivity index (χ2n) is 5.34. The van der Waals surface area contributed by atoms with Crippen molar-refractivity contribution in [3.05, 3.63) is 71.8 Å². The molecule has 0 heterocycles.